The summed E-state index contributed by atoms with van der Waals surface area (Å²) < 4.78 is 1.83. The number of hydrogen-bond donors (Lipinski definition) is 1. The summed E-state index contributed by atoms with van der Waals surface area (Å²) in [5, 5.41) is 7.58. The summed E-state index contributed by atoms with van der Waals surface area (Å²) >= 11 is 0. The van der Waals surface area contributed by atoms with E-state index in [2.05, 4.69) is 52.7 Å². The summed E-state index contributed by atoms with van der Waals surface area (Å²) in [7, 11) is 0. The summed E-state index contributed by atoms with van der Waals surface area (Å²) in [6.45, 7) is 2.06. The highest BCUT2D eigenvalue weighted by molar-refractivity contribution is 5.87. The molecule has 0 spiro atoms. The molecule has 0 saturated heterocycles. The van der Waals surface area contributed by atoms with E-state index in [1.54, 1.807) is 0 Å². The highest BCUT2D eigenvalue weighted by Gasteiger charge is 2.40. The molecule has 106 valence electrons. The second kappa shape index (κ2) is 4.55. The van der Waals surface area contributed by atoms with Gasteiger partial charge in [-0.15, -0.1) is 0 Å². The molecule has 5 nitrogen and oxygen atoms in total. The van der Waals surface area contributed by atoms with Crippen molar-refractivity contribution in [2.45, 2.75) is 25.8 Å². The van der Waals surface area contributed by atoms with Crippen LogP contribution in [-0.4, -0.2) is 20.5 Å². The Hall–Kier alpha value is -2.43. The molecule has 1 N–H and O–H groups in total. The van der Waals surface area contributed by atoms with Gasteiger partial charge in [0.2, 0.25) is 5.95 Å². The summed E-state index contributed by atoms with van der Waals surface area (Å²) in [6, 6.07) is 8.20. The number of carbonyl (C=O) groups excluding carboxylic acids is 1. The predicted octanol–water partition coefficient (Wildman–Crippen LogP) is 2.46. The first-order valence-electron chi connectivity index (χ1n) is 7.20. The first kappa shape index (κ1) is 12.3. The van der Waals surface area contributed by atoms with Gasteiger partial charge < -0.3 is 5.32 Å². The maximum Gasteiger partial charge on any atom is 0.226 e. The molecule has 21 heavy (non-hydrogen) atoms. The number of Topliss-reactive ketones (excluding diaryl/α,β-unsaturated/α-hetero) is 1. The number of fused-ring (bicyclic) bond motifs is 2. The average molecular weight is 280 g/mol. The third-order valence-corrected chi connectivity index (χ3v) is 4.26. The van der Waals surface area contributed by atoms with Crippen LogP contribution in [0.2, 0.25) is 0 Å². The second-order valence-electron chi connectivity index (χ2n) is 5.65. The highest BCUT2D eigenvalue weighted by atomic mass is 16.1. The van der Waals surface area contributed by atoms with E-state index in [-0.39, 0.29) is 17.7 Å². The molecule has 0 fully saturated rings. The fraction of sp³-hybridized carbons (Fsp3) is 0.312. The van der Waals surface area contributed by atoms with E-state index >= 15 is 0 Å². The number of aryl methyl sites for hydroxylation is 1. The predicted molar refractivity (Wildman–Crippen MR) is 78.8 cm³/mol. The van der Waals surface area contributed by atoms with Crippen LogP contribution in [0.3, 0.4) is 0 Å². The number of carbonyl (C=O) groups is 1. The van der Waals surface area contributed by atoms with Crippen LogP contribution in [0.1, 0.15) is 30.0 Å². The van der Waals surface area contributed by atoms with E-state index in [0.29, 0.717) is 12.4 Å². The van der Waals surface area contributed by atoms with Crippen LogP contribution in [0.25, 0.3) is 0 Å². The Morgan fingerprint density at radius 2 is 2.10 bits per heavy atom. The SMILES string of the molecule is Cc1ccc([C@@H]2[C@H]3C(=O)CCC=C3Nc3ncnn32)cc1. The maximum atomic E-state index is 12.5. The van der Waals surface area contributed by atoms with Gasteiger partial charge in [0.25, 0.3) is 0 Å². The highest BCUT2D eigenvalue weighted by Crippen LogP contribution is 2.40. The number of benzene rings is 1. The Morgan fingerprint density at radius 1 is 1.29 bits per heavy atom. The topological polar surface area (TPSA) is 59.8 Å². The molecular weight excluding hydrogens is 264 g/mol. The molecule has 2 aliphatic rings. The molecule has 5 heteroatoms. The third kappa shape index (κ3) is 1.88. The Labute approximate surface area is 122 Å². The molecule has 0 bridgehead atoms. The minimum atomic E-state index is -0.185. The number of rotatable bonds is 1. The normalized spacial score (nSPS) is 23.9. The zero-order valence-electron chi connectivity index (χ0n) is 11.8. The molecule has 0 radical (unpaired) electrons. The minimum Gasteiger partial charge on any atom is -0.328 e. The smallest absolute Gasteiger partial charge is 0.226 e. The van der Waals surface area contributed by atoms with E-state index in [9.17, 15) is 4.79 Å². The van der Waals surface area contributed by atoms with Crippen LogP contribution >= 0.6 is 0 Å². The summed E-state index contributed by atoms with van der Waals surface area (Å²) in [4.78, 5) is 16.7. The number of nitrogens with zero attached hydrogens (tertiary/aromatic N) is 3. The second-order valence-corrected chi connectivity index (χ2v) is 5.65. The molecule has 1 aliphatic heterocycles. The van der Waals surface area contributed by atoms with Crippen LogP contribution in [0, 0.1) is 12.8 Å². The zero-order chi connectivity index (χ0) is 14.4. The van der Waals surface area contributed by atoms with Crippen molar-refractivity contribution in [1.29, 1.82) is 0 Å². The maximum absolute atomic E-state index is 12.5. The van der Waals surface area contributed by atoms with Crippen LogP contribution in [0.5, 0.6) is 0 Å². The van der Waals surface area contributed by atoms with Gasteiger partial charge in [-0.25, -0.2) is 4.68 Å². The number of allylic oxidation sites excluding steroid dienone is 2. The van der Waals surface area contributed by atoms with E-state index in [4.69, 9.17) is 0 Å². The monoisotopic (exact) mass is 280 g/mol. The molecule has 4 rings (SSSR count). The van der Waals surface area contributed by atoms with Gasteiger partial charge in [-0.05, 0) is 18.9 Å². The van der Waals surface area contributed by atoms with Crippen molar-refractivity contribution in [3.63, 3.8) is 0 Å². The van der Waals surface area contributed by atoms with Gasteiger partial charge in [-0.2, -0.15) is 10.1 Å². The largest absolute Gasteiger partial charge is 0.328 e. The van der Waals surface area contributed by atoms with E-state index in [1.807, 2.05) is 4.68 Å². The van der Waals surface area contributed by atoms with Crippen molar-refractivity contribution in [2.75, 3.05) is 5.32 Å². The fourth-order valence-electron chi connectivity index (χ4n) is 3.21. The van der Waals surface area contributed by atoms with E-state index in [1.165, 1.54) is 11.9 Å². The Bertz CT molecular complexity index is 729. The van der Waals surface area contributed by atoms with Crippen molar-refractivity contribution < 1.29 is 4.79 Å². The van der Waals surface area contributed by atoms with Crippen molar-refractivity contribution in [3.8, 4) is 0 Å². The van der Waals surface area contributed by atoms with Crippen LogP contribution in [0.4, 0.5) is 5.95 Å². The lowest BCUT2D eigenvalue weighted by molar-refractivity contribution is -0.123. The summed E-state index contributed by atoms with van der Waals surface area (Å²) in [5.41, 5.74) is 3.27. The molecule has 1 aromatic heterocycles. The number of ketones is 1. The number of hydrogen-bond acceptors (Lipinski definition) is 4. The third-order valence-electron chi connectivity index (χ3n) is 4.26. The lowest BCUT2D eigenvalue weighted by Gasteiger charge is -2.36. The van der Waals surface area contributed by atoms with Gasteiger partial charge in [0.15, 0.2) is 0 Å². The van der Waals surface area contributed by atoms with Gasteiger partial charge in [0.1, 0.15) is 12.1 Å². The summed E-state index contributed by atoms with van der Waals surface area (Å²) in [5.74, 6) is 0.792. The molecule has 1 aliphatic carbocycles. The molecule has 0 amide bonds. The minimum absolute atomic E-state index is 0.108. The molecule has 0 saturated carbocycles. The average Bonchev–Trinajstić information content (AvgIpc) is 2.94. The van der Waals surface area contributed by atoms with Crippen LogP contribution < -0.4 is 5.32 Å². The number of aromatic nitrogens is 3. The molecular formula is C16H16N4O. The number of anilines is 1. The van der Waals surface area contributed by atoms with Gasteiger partial charge in [-0.1, -0.05) is 35.9 Å². The van der Waals surface area contributed by atoms with Crippen molar-refractivity contribution in [1.82, 2.24) is 14.8 Å². The van der Waals surface area contributed by atoms with E-state index < -0.39 is 0 Å². The molecule has 2 aromatic rings. The van der Waals surface area contributed by atoms with Crippen LogP contribution in [-0.2, 0) is 4.79 Å². The van der Waals surface area contributed by atoms with Gasteiger partial charge in [-0.3, -0.25) is 4.79 Å². The standard InChI is InChI=1S/C16H16N4O/c1-10-5-7-11(8-6-10)15-14-12(3-2-4-13(14)21)19-16-17-9-18-20(15)16/h3,5-9,14-15H,2,4H2,1H3,(H,17,18,19)/t14-,15-/m1/s1. The first-order valence-corrected chi connectivity index (χ1v) is 7.20. The van der Waals surface area contributed by atoms with Crippen molar-refractivity contribution in [2.24, 2.45) is 5.92 Å². The van der Waals surface area contributed by atoms with Gasteiger partial charge >= 0.3 is 0 Å². The van der Waals surface area contributed by atoms with Gasteiger partial charge in [0.05, 0.1) is 12.0 Å². The van der Waals surface area contributed by atoms with E-state index in [0.717, 1.165) is 17.7 Å². The molecule has 1 aromatic carbocycles. The number of nitrogens with one attached hydrogen (secondary N) is 1. The van der Waals surface area contributed by atoms with Gasteiger partial charge in [0, 0.05) is 12.1 Å². The molecule has 2 heterocycles. The Morgan fingerprint density at radius 3 is 2.90 bits per heavy atom. The Balaban J connectivity index is 1.89. The lowest BCUT2D eigenvalue weighted by atomic mass is 9.81. The molecule has 2 atom stereocenters. The lowest BCUT2D eigenvalue weighted by Crippen LogP contribution is -2.38. The quantitative estimate of drug-likeness (QED) is 0.871. The van der Waals surface area contributed by atoms with Crippen molar-refractivity contribution in [3.05, 3.63) is 53.5 Å². The Kier molecular flexibility index (Phi) is 2.67. The van der Waals surface area contributed by atoms with Crippen molar-refractivity contribution >= 4 is 11.7 Å². The summed E-state index contributed by atoms with van der Waals surface area (Å²) in [6.07, 6.45) is 5.05. The zero-order valence-corrected chi connectivity index (χ0v) is 11.8. The fourth-order valence-corrected chi connectivity index (χ4v) is 3.21. The molecule has 0 unspecified atom stereocenters. The first-order chi connectivity index (χ1) is 10.2. The van der Waals surface area contributed by atoms with Crippen LogP contribution in [0.15, 0.2) is 42.4 Å².